The van der Waals surface area contributed by atoms with E-state index >= 15 is 0 Å². The molecule has 2 aromatic rings. The van der Waals surface area contributed by atoms with Gasteiger partial charge >= 0.3 is 0 Å². The Morgan fingerprint density at radius 1 is 1.23 bits per heavy atom. The van der Waals surface area contributed by atoms with Gasteiger partial charge in [-0.05, 0) is 36.6 Å². The Bertz CT molecular complexity index is 735. The summed E-state index contributed by atoms with van der Waals surface area (Å²) in [5.41, 5.74) is 1.60. The zero-order chi connectivity index (χ0) is 18.9. The second-order valence-electron chi connectivity index (χ2n) is 5.82. The molecular weight excluding hydrogens is 338 g/mol. The summed E-state index contributed by atoms with van der Waals surface area (Å²) in [4.78, 5) is 8.39. The fourth-order valence-corrected chi connectivity index (χ4v) is 2.26. The minimum atomic E-state index is -0.865. The Kier molecular flexibility index (Phi) is 7.32. The van der Waals surface area contributed by atoms with Gasteiger partial charge in [0.2, 0.25) is 5.88 Å². The summed E-state index contributed by atoms with van der Waals surface area (Å²) >= 11 is 0. The number of ether oxygens (including phenoxy) is 1. The third-order valence-corrected chi connectivity index (χ3v) is 3.73. The fraction of sp³-hybridized carbons (Fsp3) is 0.368. The Balaban J connectivity index is 1.89. The van der Waals surface area contributed by atoms with Crippen molar-refractivity contribution in [3.63, 3.8) is 0 Å². The molecule has 7 heteroatoms. The first-order chi connectivity index (χ1) is 12.5. The zero-order valence-corrected chi connectivity index (χ0v) is 15.2. The van der Waals surface area contributed by atoms with Crippen molar-refractivity contribution in [3.05, 3.63) is 59.3 Å². The summed E-state index contributed by atoms with van der Waals surface area (Å²) in [5.74, 6) is -0.573. The average Bonchev–Trinajstić information content (AvgIpc) is 2.66. The summed E-state index contributed by atoms with van der Waals surface area (Å²) in [6, 6.07) is 7.36. The summed E-state index contributed by atoms with van der Waals surface area (Å²) in [7, 11) is 1.65. The number of hydrogen-bond acceptors (Lipinski definition) is 3. The summed E-state index contributed by atoms with van der Waals surface area (Å²) in [5, 5.41) is 6.31. The number of rotatable bonds is 7. The van der Waals surface area contributed by atoms with Crippen molar-refractivity contribution in [1.29, 1.82) is 0 Å². The van der Waals surface area contributed by atoms with Gasteiger partial charge in [-0.25, -0.2) is 13.8 Å². The number of hydrogen-bond donors (Lipinski definition) is 2. The Hall–Kier alpha value is -2.70. The predicted molar refractivity (Wildman–Crippen MR) is 98.1 cm³/mol. The molecule has 0 radical (unpaired) electrons. The number of nitrogens with one attached hydrogen (secondary N) is 2. The summed E-state index contributed by atoms with van der Waals surface area (Å²) in [6.07, 6.45) is 2.67. The van der Waals surface area contributed by atoms with E-state index in [0.29, 0.717) is 30.6 Å². The molecule has 0 aliphatic rings. The normalized spacial score (nSPS) is 12.6. The van der Waals surface area contributed by atoms with Gasteiger partial charge in [0.25, 0.3) is 0 Å². The fourth-order valence-electron chi connectivity index (χ4n) is 2.26. The van der Waals surface area contributed by atoms with Crippen molar-refractivity contribution < 1.29 is 13.5 Å². The van der Waals surface area contributed by atoms with Crippen molar-refractivity contribution in [1.82, 2.24) is 15.6 Å². The highest BCUT2D eigenvalue weighted by atomic mass is 19.2. The quantitative estimate of drug-likeness (QED) is 0.584. The van der Waals surface area contributed by atoms with Crippen LogP contribution in [-0.2, 0) is 6.54 Å². The van der Waals surface area contributed by atoms with E-state index < -0.39 is 11.6 Å². The molecule has 0 aliphatic heterocycles. The number of nitrogens with zero attached hydrogens (tertiary/aromatic N) is 2. The van der Waals surface area contributed by atoms with E-state index in [1.165, 1.54) is 6.07 Å². The van der Waals surface area contributed by atoms with Crippen LogP contribution in [0, 0.1) is 11.6 Å². The molecule has 1 heterocycles. The van der Waals surface area contributed by atoms with Gasteiger partial charge in [-0.3, -0.25) is 4.99 Å². The van der Waals surface area contributed by atoms with Crippen LogP contribution in [0.15, 0.2) is 41.5 Å². The lowest BCUT2D eigenvalue weighted by molar-refractivity contribution is 0.305. The van der Waals surface area contributed by atoms with Crippen molar-refractivity contribution in [2.45, 2.75) is 32.9 Å². The van der Waals surface area contributed by atoms with E-state index in [1.54, 1.807) is 19.3 Å². The first-order valence-corrected chi connectivity index (χ1v) is 8.53. The first-order valence-electron chi connectivity index (χ1n) is 8.53. The van der Waals surface area contributed by atoms with Gasteiger partial charge < -0.3 is 15.4 Å². The highest BCUT2D eigenvalue weighted by Gasteiger charge is 2.11. The van der Waals surface area contributed by atoms with Gasteiger partial charge in [-0.2, -0.15) is 0 Å². The summed E-state index contributed by atoms with van der Waals surface area (Å²) < 4.78 is 31.9. The minimum absolute atomic E-state index is 0.237. The molecule has 1 unspecified atom stereocenters. The van der Waals surface area contributed by atoms with Crippen LogP contribution in [0.3, 0.4) is 0 Å². The van der Waals surface area contributed by atoms with E-state index in [-0.39, 0.29) is 6.04 Å². The maximum atomic E-state index is 13.4. The number of benzene rings is 1. The molecule has 0 amide bonds. The molecule has 26 heavy (non-hydrogen) atoms. The third kappa shape index (κ3) is 5.68. The zero-order valence-electron chi connectivity index (χ0n) is 15.2. The molecule has 0 saturated carbocycles. The van der Waals surface area contributed by atoms with Gasteiger partial charge in [-0.1, -0.05) is 19.1 Å². The van der Waals surface area contributed by atoms with Crippen molar-refractivity contribution in [2.24, 2.45) is 4.99 Å². The van der Waals surface area contributed by atoms with Crippen molar-refractivity contribution >= 4 is 5.96 Å². The molecule has 0 aliphatic carbocycles. The Labute approximate surface area is 152 Å². The standard InChI is InChI=1S/C19H24F2N4O/c1-4-9-26-18-8-5-14(11-23-18)12-24-19(22-3)25-13(2)15-6-7-16(20)17(21)10-15/h5-8,10-11,13H,4,9,12H2,1-3H3,(H2,22,24,25). The lowest BCUT2D eigenvalue weighted by atomic mass is 10.1. The van der Waals surface area contributed by atoms with Crippen LogP contribution in [0.4, 0.5) is 8.78 Å². The lowest BCUT2D eigenvalue weighted by Gasteiger charge is -2.18. The van der Waals surface area contributed by atoms with Crippen LogP contribution in [0.1, 0.15) is 37.4 Å². The van der Waals surface area contributed by atoms with Crippen LogP contribution in [-0.4, -0.2) is 24.6 Å². The number of guanidine groups is 1. The number of halogens is 2. The lowest BCUT2D eigenvalue weighted by Crippen LogP contribution is -2.38. The van der Waals surface area contributed by atoms with Crippen LogP contribution >= 0.6 is 0 Å². The molecule has 1 aromatic heterocycles. The monoisotopic (exact) mass is 362 g/mol. The molecule has 0 spiro atoms. The molecular formula is C19H24F2N4O. The smallest absolute Gasteiger partial charge is 0.213 e. The molecule has 2 N–H and O–H groups in total. The number of aromatic nitrogens is 1. The van der Waals surface area contributed by atoms with Crippen LogP contribution in [0.2, 0.25) is 0 Å². The second kappa shape index (κ2) is 9.70. The van der Waals surface area contributed by atoms with Gasteiger partial charge in [0.15, 0.2) is 17.6 Å². The average molecular weight is 362 g/mol. The molecule has 5 nitrogen and oxygen atoms in total. The number of pyridine rings is 1. The maximum Gasteiger partial charge on any atom is 0.213 e. The van der Waals surface area contributed by atoms with Crippen LogP contribution in [0.5, 0.6) is 5.88 Å². The molecule has 140 valence electrons. The van der Waals surface area contributed by atoms with E-state index in [1.807, 2.05) is 26.0 Å². The molecule has 1 aromatic carbocycles. The van der Waals surface area contributed by atoms with Crippen molar-refractivity contribution in [2.75, 3.05) is 13.7 Å². The Morgan fingerprint density at radius 2 is 2.04 bits per heavy atom. The highest BCUT2D eigenvalue weighted by molar-refractivity contribution is 5.80. The van der Waals surface area contributed by atoms with Crippen LogP contribution < -0.4 is 15.4 Å². The Morgan fingerprint density at radius 3 is 2.65 bits per heavy atom. The van der Waals surface area contributed by atoms with E-state index in [0.717, 1.165) is 18.1 Å². The van der Waals surface area contributed by atoms with Gasteiger partial charge in [0.1, 0.15) is 0 Å². The second-order valence-corrected chi connectivity index (χ2v) is 5.82. The molecule has 2 rings (SSSR count). The predicted octanol–water partition coefficient (Wildman–Crippen LogP) is 3.57. The number of aliphatic imine (C=N–C) groups is 1. The van der Waals surface area contributed by atoms with Gasteiger partial charge in [-0.15, -0.1) is 0 Å². The minimum Gasteiger partial charge on any atom is -0.478 e. The molecule has 0 bridgehead atoms. The van der Waals surface area contributed by atoms with Gasteiger partial charge in [0.05, 0.1) is 12.6 Å². The largest absolute Gasteiger partial charge is 0.478 e. The van der Waals surface area contributed by atoms with Gasteiger partial charge in [0, 0.05) is 25.9 Å². The molecule has 0 saturated heterocycles. The van der Waals surface area contributed by atoms with E-state index in [4.69, 9.17) is 4.74 Å². The SMILES string of the molecule is CCCOc1ccc(CNC(=NC)NC(C)c2ccc(F)c(F)c2)cn1. The van der Waals surface area contributed by atoms with Crippen molar-refractivity contribution in [3.8, 4) is 5.88 Å². The highest BCUT2D eigenvalue weighted by Crippen LogP contribution is 2.16. The van der Waals surface area contributed by atoms with Crippen LogP contribution in [0.25, 0.3) is 0 Å². The van der Waals surface area contributed by atoms with E-state index in [9.17, 15) is 8.78 Å². The maximum absolute atomic E-state index is 13.4. The summed E-state index contributed by atoms with van der Waals surface area (Å²) in [6.45, 7) is 5.05. The molecule has 0 fully saturated rings. The van der Waals surface area contributed by atoms with E-state index in [2.05, 4.69) is 20.6 Å². The third-order valence-electron chi connectivity index (χ3n) is 3.73. The topological polar surface area (TPSA) is 58.5 Å². The molecule has 1 atom stereocenters. The first kappa shape index (κ1) is 19.6.